The first-order valence-electron chi connectivity index (χ1n) is 6.04. The maximum atomic E-state index is 12.1. The van der Waals surface area contributed by atoms with Crippen LogP contribution in [-0.2, 0) is 11.2 Å². The lowest BCUT2D eigenvalue weighted by Gasteiger charge is -2.37. The molecule has 4 heteroatoms. The minimum absolute atomic E-state index is 0.0197. The summed E-state index contributed by atoms with van der Waals surface area (Å²) in [4.78, 5) is 13.7. The molecule has 1 aromatic carbocycles. The summed E-state index contributed by atoms with van der Waals surface area (Å²) < 4.78 is 0. The molecule has 0 saturated carbocycles. The Labute approximate surface area is 107 Å². The van der Waals surface area contributed by atoms with Gasteiger partial charge >= 0.3 is 0 Å². The van der Waals surface area contributed by atoms with Crippen molar-refractivity contribution in [3.63, 3.8) is 0 Å². The van der Waals surface area contributed by atoms with Crippen molar-refractivity contribution in [3.05, 3.63) is 23.8 Å². The Morgan fingerprint density at radius 1 is 1.39 bits per heavy atom. The average Bonchev–Trinajstić information content (AvgIpc) is 2.37. The summed E-state index contributed by atoms with van der Waals surface area (Å²) in [7, 11) is 1.87. The van der Waals surface area contributed by atoms with Gasteiger partial charge in [-0.15, -0.1) is 0 Å². The van der Waals surface area contributed by atoms with Gasteiger partial charge < -0.3 is 5.32 Å². The Bertz CT molecular complexity index is 528. The first-order valence-corrected chi connectivity index (χ1v) is 6.04. The minimum Gasteiger partial charge on any atom is -0.388 e. The number of rotatable bonds is 2. The highest BCUT2D eigenvalue weighted by molar-refractivity contribution is 5.98. The molecular weight excluding hydrogens is 226 g/mol. The fourth-order valence-corrected chi connectivity index (χ4v) is 2.31. The summed E-state index contributed by atoms with van der Waals surface area (Å²) in [6.07, 6.45) is 1.20. The lowest BCUT2D eigenvalue weighted by Crippen LogP contribution is -2.49. The summed E-state index contributed by atoms with van der Waals surface area (Å²) >= 11 is 0. The first kappa shape index (κ1) is 12.4. The summed E-state index contributed by atoms with van der Waals surface area (Å²) in [5, 5.41) is 12.3. The zero-order valence-corrected chi connectivity index (χ0v) is 10.9. The van der Waals surface area contributed by atoms with E-state index in [0.29, 0.717) is 6.42 Å². The molecule has 2 rings (SSSR count). The van der Waals surface area contributed by atoms with E-state index in [9.17, 15) is 10.1 Å². The quantitative estimate of drug-likeness (QED) is 0.867. The van der Waals surface area contributed by atoms with Crippen LogP contribution in [0.4, 0.5) is 11.4 Å². The van der Waals surface area contributed by atoms with Gasteiger partial charge in [-0.3, -0.25) is 9.69 Å². The predicted octanol–water partition coefficient (Wildman–Crippen LogP) is 2.31. The number of fused-ring (bicyclic) bond motifs is 1. The molecule has 94 valence electrons. The fraction of sp³-hybridized carbons (Fsp3) is 0.429. The van der Waals surface area contributed by atoms with Crippen LogP contribution >= 0.6 is 0 Å². The third kappa shape index (κ3) is 1.92. The van der Waals surface area contributed by atoms with E-state index in [1.54, 1.807) is 18.7 Å². The van der Waals surface area contributed by atoms with Gasteiger partial charge in [0.05, 0.1) is 6.07 Å². The smallest absolute Gasteiger partial charge is 0.228 e. The standard InChI is InChI=1S/C14H17N3O/c1-14(2,9-15)17-12-6-5-11(16-3)8-10(12)4-7-13(17)18/h5-6,8,16H,4,7H2,1-3H3. The van der Waals surface area contributed by atoms with E-state index in [0.717, 1.165) is 23.4 Å². The second kappa shape index (κ2) is 4.34. The van der Waals surface area contributed by atoms with E-state index in [1.165, 1.54) is 0 Å². The number of anilines is 2. The highest BCUT2D eigenvalue weighted by Crippen LogP contribution is 2.34. The average molecular weight is 243 g/mol. The van der Waals surface area contributed by atoms with Gasteiger partial charge in [0.2, 0.25) is 5.91 Å². The number of hydrogen-bond acceptors (Lipinski definition) is 3. The van der Waals surface area contributed by atoms with Gasteiger partial charge in [-0.2, -0.15) is 5.26 Å². The first-order chi connectivity index (χ1) is 8.49. The second-order valence-electron chi connectivity index (χ2n) is 4.99. The highest BCUT2D eigenvalue weighted by Gasteiger charge is 2.35. The molecule has 1 N–H and O–H groups in total. The normalized spacial score (nSPS) is 15.0. The topological polar surface area (TPSA) is 56.1 Å². The molecule has 1 heterocycles. The van der Waals surface area contributed by atoms with Crippen molar-refractivity contribution in [2.75, 3.05) is 17.3 Å². The van der Waals surface area contributed by atoms with Crippen LogP contribution in [0.25, 0.3) is 0 Å². The maximum Gasteiger partial charge on any atom is 0.228 e. The van der Waals surface area contributed by atoms with E-state index in [2.05, 4.69) is 11.4 Å². The third-order valence-electron chi connectivity index (χ3n) is 3.30. The van der Waals surface area contributed by atoms with Gasteiger partial charge in [0, 0.05) is 24.8 Å². The van der Waals surface area contributed by atoms with Gasteiger partial charge in [0.25, 0.3) is 0 Å². The van der Waals surface area contributed by atoms with Crippen molar-refractivity contribution in [1.82, 2.24) is 0 Å². The van der Waals surface area contributed by atoms with Crippen LogP contribution < -0.4 is 10.2 Å². The van der Waals surface area contributed by atoms with Crippen molar-refractivity contribution in [2.45, 2.75) is 32.2 Å². The monoisotopic (exact) mass is 243 g/mol. The second-order valence-corrected chi connectivity index (χ2v) is 4.99. The Morgan fingerprint density at radius 2 is 2.11 bits per heavy atom. The molecule has 0 radical (unpaired) electrons. The predicted molar refractivity (Wildman–Crippen MR) is 71.5 cm³/mol. The Hall–Kier alpha value is -2.02. The Morgan fingerprint density at radius 3 is 2.72 bits per heavy atom. The van der Waals surface area contributed by atoms with E-state index in [1.807, 2.05) is 25.2 Å². The van der Waals surface area contributed by atoms with Crippen LogP contribution in [0.3, 0.4) is 0 Å². The van der Waals surface area contributed by atoms with Crippen molar-refractivity contribution in [3.8, 4) is 6.07 Å². The molecule has 1 aliphatic heterocycles. The molecule has 18 heavy (non-hydrogen) atoms. The number of nitrogens with zero attached hydrogens (tertiary/aromatic N) is 2. The van der Waals surface area contributed by atoms with Gasteiger partial charge in [-0.05, 0) is 44.0 Å². The fourth-order valence-electron chi connectivity index (χ4n) is 2.31. The molecule has 0 aromatic heterocycles. The van der Waals surface area contributed by atoms with Crippen molar-refractivity contribution in [1.29, 1.82) is 5.26 Å². The number of nitrogens with one attached hydrogen (secondary N) is 1. The molecule has 1 aliphatic rings. The molecule has 0 saturated heterocycles. The molecule has 0 unspecified atom stereocenters. The van der Waals surface area contributed by atoms with Crippen molar-refractivity contribution in [2.24, 2.45) is 0 Å². The molecule has 0 fully saturated rings. The van der Waals surface area contributed by atoms with Crippen LogP contribution in [-0.4, -0.2) is 18.5 Å². The molecule has 0 atom stereocenters. The van der Waals surface area contributed by atoms with Crippen LogP contribution in [0.1, 0.15) is 25.8 Å². The summed E-state index contributed by atoms with van der Waals surface area (Å²) in [5.41, 5.74) is 2.19. The SMILES string of the molecule is CNc1ccc2c(c1)CCC(=O)N2C(C)(C)C#N. The Kier molecular flexibility index (Phi) is 3.00. The zero-order chi connectivity index (χ0) is 13.3. The lowest BCUT2D eigenvalue weighted by atomic mass is 9.94. The van der Waals surface area contributed by atoms with E-state index in [4.69, 9.17) is 0 Å². The molecule has 4 nitrogen and oxygen atoms in total. The summed E-state index contributed by atoms with van der Waals surface area (Å²) in [5.74, 6) is 0.0197. The third-order valence-corrected chi connectivity index (χ3v) is 3.30. The van der Waals surface area contributed by atoms with Gasteiger partial charge in [0.15, 0.2) is 0 Å². The van der Waals surface area contributed by atoms with Gasteiger partial charge in [0.1, 0.15) is 5.54 Å². The number of carbonyl (C=O) groups excluding carboxylic acids is 1. The summed E-state index contributed by atoms with van der Waals surface area (Å²) in [6, 6.07) is 8.09. The lowest BCUT2D eigenvalue weighted by molar-refractivity contribution is -0.119. The van der Waals surface area contributed by atoms with Crippen LogP contribution in [0.15, 0.2) is 18.2 Å². The van der Waals surface area contributed by atoms with Crippen molar-refractivity contribution >= 4 is 17.3 Å². The molecule has 0 spiro atoms. The Balaban J connectivity index is 2.52. The summed E-state index contributed by atoms with van der Waals surface area (Å²) in [6.45, 7) is 3.54. The molecule has 1 amide bonds. The van der Waals surface area contributed by atoms with E-state index in [-0.39, 0.29) is 5.91 Å². The molecule has 0 bridgehead atoms. The number of benzene rings is 1. The van der Waals surface area contributed by atoms with E-state index >= 15 is 0 Å². The van der Waals surface area contributed by atoms with Gasteiger partial charge in [-0.1, -0.05) is 0 Å². The van der Waals surface area contributed by atoms with Crippen LogP contribution in [0, 0.1) is 11.3 Å². The largest absolute Gasteiger partial charge is 0.388 e. The minimum atomic E-state index is -0.812. The van der Waals surface area contributed by atoms with Crippen LogP contribution in [0.5, 0.6) is 0 Å². The zero-order valence-electron chi connectivity index (χ0n) is 10.9. The number of nitriles is 1. The number of amides is 1. The van der Waals surface area contributed by atoms with E-state index < -0.39 is 5.54 Å². The molecular formula is C14H17N3O. The van der Waals surface area contributed by atoms with Crippen molar-refractivity contribution < 1.29 is 4.79 Å². The van der Waals surface area contributed by atoms with Crippen LogP contribution in [0.2, 0.25) is 0 Å². The molecule has 1 aromatic rings. The highest BCUT2D eigenvalue weighted by atomic mass is 16.2. The van der Waals surface area contributed by atoms with Gasteiger partial charge in [-0.25, -0.2) is 0 Å². The molecule has 0 aliphatic carbocycles. The number of hydrogen-bond donors (Lipinski definition) is 1. The maximum absolute atomic E-state index is 12.1. The number of carbonyl (C=O) groups is 1. The number of aryl methyl sites for hydroxylation is 1.